The van der Waals surface area contributed by atoms with Gasteiger partial charge in [0.05, 0.1) is 5.92 Å². The van der Waals surface area contributed by atoms with Gasteiger partial charge in [0.25, 0.3) is 0 Å². The van der Waals surface area contributed by atoms with E-state index in [0.29, 0.717) is 23.7 Å². The number of nitrogens with zero attached hydrogens (tertiary/aromatic N) is 1. The lowest BCUT2D eigenvalue weighted by molar-refractivity contribution is -0.121. The Morgan fingerprint density at radius 1 is 1.06 bits per heavy atom. The molecule has 0 aliphatic carbocycles. The molecular formula is C26H26ClFN2OS. The van der Waals surface area contributed by atoms with Gasteiger partial charge in [-0.2, -0.15) is 0 Å². The normalized spacial score (nSPS) is 16.6. The Kier molecular flexibility index (Phi) is 7.85. The summed E-state index contributed by atoms with van der Waals surface area (Å²) < 4.78 is 14.1. The summed E-state index contributed by atoms with van der Waals surface area (Å²) in [6, 6.07) is 23.1. The summed E-state index contributed by atoms with van der Waals surface area (Å²) in [6.07, 6.45) is 1.74. The first-order valence-corrected chi connectivity index (χ1v) is 12.2. The molecule has 0 aromatic heterocycles. The third-order valence-electron chi connectivity index (χ3n) is 5.69. The van der Waals surface area contributed by atoms with Crippen LogP contribution in [0.4, 0.5) is 10.1 Å². The summed E-state index contributed by atoms with van der Waals surface area (Å²) in [7, 11) is 0. The number of hydrogen-bond donors (Lipinski definition) is 1. The molecule has 166 valence electrons. The fraction of sp³-hybridized carbons (Fsp3) is 0.269. The molecule has 32 heavy (non-hydrogen) atoms. The number of rotatable bonds is 7. The molecule has 3 aromatic rings. The van der Waals surface area contributed by atoms with Gasteiger partial charge >= 0.3 is 0 Å². The number of carbonyl (C=O) groups is 1. The molecule has 1 saturated heterocycles. The number of halogens is 2. The molecule has 1 unspecified atom stereocenters. The Morgan fingerprint density at radius 3 is 2.59 bits per heavy atom. The van der Waals surface area contributed by atoms with Crippen molar-refractivity contribution in [1.29, 1.82) is 0 Å². The summed E-state index contributed by atoms with van der Waals surface area (Å²) in [5, 5.41) is 3.48. The number of hydrogen-bond acceptors (Lipinski definition) is 3. The topological polar surface area (TPSA) is 32.3 Å². The van der Waals surface area contributed by atoms with Crippen LogP contribution in [0.2, 0.25) is 5.02 Å². The Labute approximate surface area is 198 Å². The van der Waals surface area contributed by atoms with Crippen LogP contribution in [0.25, 0.3) is 0 Å². The molecule has 3 nitrogen and oxygen atoms in total. The number of benzene rings is 3. The molecule has 0 bridgehead atoms. The van der Waals surface area contributed by atoms with Crippen LogP contribution in [-0.4, -0.2) is 23.9 Å². The van der Waals surface area contributed by atoms with Crippen molar-refractivity contribution in [2.24, 2.45) is 5.92 Å². The van der Waals surface area contributed by atoms with Gasteiger partial charge in [-0.1, -0.05) is 48.0 Å². The molecule has 1 fully saturated rings. The minimum absolute atomic E-state index is 0.0146. The van der Waals surface area contributed by atoms with Crippen LogP contribution < -0.4 is 5.32 Å². The average Bonchev–Trinajstić information content (AvgIpc) is 2.82. The average molecular weight is 469 g/mol. The quantitative estimate of drug-likeness (QED) is 0.395. The van der Waals surface area contributed by atoms with Gasteiger partial charge in [0.1, 0.15) is 5.82 Å². The molecule has 1 amide bonds. The Hall–Kier alpha value is -2.34. The fourth-order valence-corrected chi connectivity index (χ4v) is 5.03. The van der Waals surface area contributed by atoms with E-state index in [2.05, 4.69) is 34.5 Å². The maximum atomic E-state index is 14.1. The summed E-state index contributed by atoms with van der Waals surface area (Å²) in [6.45, 7) is 1.85. The van der Waals surface area contributed by atoms with Gasteiger partial charge in [0, 0.05) is 40.0 Å². The van der Waals surface area contributed by atoms with Crippen LogP contribution in [0.15, 0.2) is 77.7 Å². The van der Waals surface area contributed by atoms with Gasteiger partial charge in [-0.25, -0.2) is 4.39 Å². The van der Waals surface area contributed by atoms with Crippen LogP contribution in [0.1, 0.15) is 24.0 Å². The molecule has 1 aliphatic heterocycles. The predicted molar refractivity (Wildman–Crippen MR) is 130 cm³/mol. The summed E-state index contributed by atoms with van der Waals surface area (Å²) in [5.74, 6) is 0.479. The van der Waals surface area contributed by atoms with Crippen molar-refractivity contribution in [2.75, 3.05) is 18.4 Å². The van der Waals surface area contributed by atoms with E-state index >= 15 is 0 Å². The van der Waals surface area contributed by atoms with Gasteiger partial charge in [-0.15, -0.1) is 11.8 Å². The molecule has 1 N–H and O–H groups in total. The first kappa shape index (κ1) is 22.8. The minimum atomic E-state index is -0.297. The zero-order chi connectivity index (χ0) is 22.3. The standard InChI is InChI=1S/C26H26ClFN2OS/c27-24-9-4-10-25(28)23(24)17-30-15-5-6-20(16-30)26(31)29-21-13-11-19(12-14-21)18-32-22-7-2-1-3-8-22/h1-4,7-14,20H,5-6,15-18H2,(H,29,31). The number of likely N-dealkylation sites (tertiary alicyclic amines) is 1. The van der Waals surface area contributed by atoms with Crippen LogP contribution in [0.5, 0.6) is 0 Å². The molecule has 3 aromatic carbocycles. The van der Waals surface area contributed by atoms with Crippen LogP contribution in [0, 0.1) is 11.7 Å². The highest BCUT2D eigenvalue weighted by Gasteiger charge is 2.26. The van der Waals surface area contributed by atoms with E-state index in [1.165, 1.54) is 16.5 Å². The molecule has 0 radical (unpaired) electrons. The molecule has 1 heterocycles. The van der Waals surface area contributed by atoms with Crippen molar-refractivity contribution in [1.82, 2.24) is 4.90 Å². The van der Waals surface area contributed by atoms with Crippen molar-refractivity contribution in [3.8, 4) is 0 Å². The van der Waals surface area contributed by atoms with Gasteiger partial charge in [0.15, 0.2) is 0 Å². The van der Waals surface area contributed by atoms with Crippen molar-refractivity contribution in [2.45, 2.75) is 30.0 Å². The molecule has 0 spiro atoms. The van der Waals surface area contributed by atoms with E-state index in [-0.39, 0.29) is 17.6 Å². The van der Waals surface area contributed by atoms with Crippen molar-refractivity contribution in [3.05, 3.63) is 94.8 Å². The molecule has 1 atom stereocenters. The highest BCUT2D eigenvalue weighted by atomic mass is 35.5. The van der Waals surface area contributed by atoms with Gasteiger partial charge in [-0.05, 0) is 61.3 Å². The van der Waals surface area contributed by atoms with E-state index in [9.17, 15) is 9.18 Å². The predicted octanol–water partition coefficient (Wildman–Crippen LogP) is 6.62. The monoisotopic (exact) mass is 468 g/mol. The summed E-state index contributed by atoms with van der Waals surface area (Å²) in [5.41, 5.74) is 2.51. The van der Waals surface area contributed by atoms with Gasteiger partial charge < -0.3 is 5.32 Å². The third-order valence-corrected chi connectivity index (χ3v) is 7.13. The maximum Gasteiger partial charge on any atom is 0.228 e. The third kappa shape index (κ3) is 6.12. The first-order chi connectivity index (χ1) is 15.6. The van der Waals surface area contributed by atoms with Gasteiger partial charge in [0.2, 0.25) is 5.91 Å². The van der Waals surface area contributed by atoms with Crippen molar-refractivity contribution in [3.63, 3.8) is 0 Å². The molecule has 0 saturated carbocycles. The lowest BCUT2D eigenvalue weighted by Gasteiger charge is -2.32. The second-order valence-electron chi connectivity index (χ2n) is 8.06. The van der Waals surface area contributed by atoms with E-state index < -0.39 is 0 Å². The minimum Gasteiger partial charge on any atom is -0.326 e. The van der Waals surface area contributed by atoms with E-state index in [4.69, 9.17) is 11.6 Å². The summed E-state index contributed by atoms with van der Waals surface area (Å²) in [4.78, 5) is 16.2. The smallest absolute Gasteiger partial charge is 0.228 e. The number of amides is 1. The zero-order valence-corrected chi connectivity index (χ0v) is 19.3. The SMILES string of the molecule is O=C(Nc1ccc(CSc2ccccc2)cc1)C1CCCN(Cc2c(F)cccc2Cl)C1. The second-order valence-corrected chi connectivity index (χ2v) is 9.52. The Balaban J connectivity index is 1.30. The van der Waals surface area contributed by atoms with Crippen LogP contribution in [-0.2, 0) is 17.1 Å². The van der Waals surface area contributed by atoms with Crippen molar-refractivity contribution < 1.29 is 9.18 Å². The van der Waals surface area contributed by atoms with E-state index in [1.54, 1.807) is 23.9 Å². The fourth-order valence-electron chi connectivity index (χ4n) is 3.93. The highest BCUT2D eigenvalue weighted by molar-refractivity contribution is 7.98. The lowest BCUT2D eigenvalue weighted by Crippen LogP contribution is -2.40. The number of anilines is 1. The second kappa shape index (κ2) is 11.0. The Morgan fingerprint density at radius 2 is 1.84 bits per heavy atom. The lowest BCUT2D eigenvalue weighted by atomic mass is 9.96. The highest BCUT2D eigenvalue weighted by Crippen LogP contribution is 2.26. The summed E-state index contributed by atoms with van der Waals surface area (Å²) >= 11 is 7.97. The number of carbonyl (C=O) groups excluding carboxylic acids is 1. The maximum absolute atomic E-state index is 14.1. The van der Waals surface area contributed by atoms with E-state index in [1.807, 2.05) is 30.3 Å². The zero-order valence-electron chi connectivity index (χ0n) is 17.8. The number of thioether (sulfide) groups is 1. The van der Waals surface area contributed by atoms with E-state index in [0.717, 1.165) is 30.8 Å². The van der Waals surface area contributed by atoms with Gasteiger partial charge in [-0.3, -0.25) is 9.69 Å². The van der Waals surface area contributed by atoms with Crippen molar-refractivity contribution >= 4 is 35.0 Å². The molecule has 6 heteroatoms. The molecular weight excluding hydrogens is 443 g/mol. The first-order valence-electron chi connectivity index (χ1n) is 10.8. The number of piperidine rings is 1. The van der Waals surface area contributed by atoms with Crippen LogP contribution in [0.3, 0.4) is 0 Å². The largest absolute Gasteiger partial charge is 0.326 e. The van der Waals surface area contributed by atoms with Crippen LogP contribution >= 0.6 is 23.4 Å². The Bertz CT molecular complexity index is 1030. The number of nitrogens with one attached hydrogen (secondary N) is 1. The molecule has 4 rings (SSSR count). The molecule has 1 aliphatic rings.